The number of carbonyl (C=O) groups is 1. The van der Waals surface area contributed by atoms with Crippen LogP contribution in [0.5, 0.6) is 0 Å². The maximum Gasteiger partial charge on any atom is 0.283 e. The van der Waals surface area contributed by atoms with Crippen molar-refractivity contribution in [2.75, 3.05) is 5.73 Å². The van der Waals surface area contributed by atoms with Crippen LogP contribution >= 0.6 is 0 Å². The number of imidazole rings is 1. The van der Waals surface area contributed by atoms with Crippen molar-refractivity contribution in [2.45, 2.75) is 0 Å². The molecule has 7 nitrogen and oxygen atoms in total. The zero-order valence-corrected chi connectivity index (χ0v) is 9.70. The molecule has 0 saturated heterocycles. The number of anilines is 1. The molecule has 0 aliphatic carbocycles. The number of hydrogen-bond donors (Lipinski definition) is 2. The number of aromatic amines is 1. The van der Waals surface area contributed by atoms with Crippen LogP contribution in [0.3, 0.4) is 0 Å². The summed E-state index contributed by atoms with van der Waals surface area (Å²) in [6.45, 7) is 0. The minimum Gasteiger partial charge on any atom is -0.399 e. The SMILES string of the molecule is Nc1ccc2c(c1)ncn2C(=O)c1c[nH]c(=O)cn1. The maximum atomic E-state index is 12.2. The van der Waals surface area contributed by atoms with Gasteiger partial charge in [0, 0.05) is 11.9 Å². The third-order valence-electron chi connectivity index (χ3n) is 2.68. The van der Waals surface area contributed by atoms with E-state index in [0.29, 0.717) is 16.7 Å². The van der Waals surface area contributed by atoms with E-state index in [9.17, 15) is 9.59 Å². The van der Waals surface area contributed by atoms with Gasteiger partial charge in [-0.25, -0.2) is 9.97 Å². The second kappa shape index (κ2) is 4.05. The molecule has 19 heavy (non-hydrogen) atoms. The largest absolute Gasteiger partial charge is 0.399 e. The van der Waals surface area contributed by atoms with E-state index >= 15 is 0 Å². The van der Waals surface area contributed by atoms with Crippen molar-refractivity contribution in [2.24, 2.45) is 0 Å². The molecule has 0 unspecified atom stereocenters. The number of nitrogens with one attached hydrogen (secondary N) is 1. The molecule has 7 heteroatoms. The molecule has 0 aliphatic rings. The number of nitrogens with two attached hydrogens (primary N) is 1. The Kier molecular flexibility index (Phi) is 2.38. The topological polar surface area (TPSA) is 107 Å². The summed E-state index contributed by atoms with van der Waals surface area (Å²) in [5.41, 5.74) is 7.26. The van der Waals surface area contributed by atoms with E-state index in [1.54, 1.807) is 18.2 Å². The summed E-state index contributed by atoms with van der Waals surface area (Å²) < 4.78 is 1.36. The highest BCUT2D eigenvalue weighted by atomic mass is 16.2. The Morgan fingerprint density at radius 1 is 1.32 bits per heavy atom. The van der Waals surface area contributed by atoms with Crippen LogP contribution in [0.15, 0.2) is 41.7 Å². The van der Waals surface area contributed by atoms with Crippen LogP contribution in [-0.4, -0.2) is 25.4 Å². The van der Waals surface area contributed by atoms with Gasteiger partial charge in [-0.15, -0.1) is 0 Å². The van der Waals surface area contributed by atoms with Gasteiger partial charge in [0.15, 0.2) is 0 Å². The second-order valence-electron chi connectivity index (χ2n) is 3.96. The highest BCUT2D eigenvalue weighted by Crippen LogP contribution is 2.16. The number of hydrogen-bond acceptors (Lipinski definition) is 5. The van der Waals surface area contributed by atoms with Gasteiger partial charge in [0.2, 0.25) is 0 Å². The minimum absolute atomic E-state index is 0.135. The van der Waals surface area contributed by atoms with Crippen LogP contribution in [-0.2, 0) is 0 Å². The monoisotopic (exact) mass is 255 g/mol. The van der Waals surface area contributed by atoms with Gasteiger partial charge in [0.05, 0.1) is 17.2 Å². The lowest BCUT2D eigenvalue weighted by Crippen LogP contribution is -2.16. The van der Waals surface area contributed by atoms with Gasteiger partial charge in [0.25, 0.3) is 11.5 Å². The zero-order chi connectivity index (χ0) is 13.4. The predicted octanol–water partition coefficient (Wildman–Crippen LogP) is 0.390. The third kappa shape index (κ3) is 1.86. The van der Waals surface area contributed by atoms with Crippen molar-refractivity contribution in [3.05, 3.63) is 53.0 Å². The smallest absolute Gasteiger partial charge is 0.283 e. The van der Waals surface area contributed by atoms with Gasteiger partial charge >= 0.3 is 0 Å². The van der Waals surface area contributed by atoms with Crippen LogP contribution in [0, 0.1) is 0 Å². The number of aromatic nitrogens is 4. The Hall–Kier alpha value is -2.96. The van der Waals surface area contributed by atoms with Crippen molar-refractivity contribution in [1.29, 1.82) is 0 Å². The lowest BCUT2D eigenvalue weighted by molar-refractivity contribution is 0.0959. The van der Waals surface area contributed by atoms with Gasteiger partial charge in [-0.1, -0.05) is 0 Å². The molecule has 0 amide bonds. The quantitative estimate of drug-likeness (QED) is 0.612. The van der Waals surface area contributed by atoms with Gasteiger partial charge in [0.1, 0.15) is 12.0 Å². The number of nitrogen functional groups attached to an aromatic ring is 1. The Balaban J connectivity index is 2.11. The molecule has 0 atom stereocenters. The number of carbonyl (C=O) groups excluding carboxylic acids is 1. The second-order valence-corrected chi connectivity index (χ2v) is 3.96. The standard InChI is InChI=1S/C12H9N5O2/c13-7-1-2-10-8(3-7)16-6-17(10)12(19)9-4-15-11(18)5-14-9/h1-6H,13H2,(H,15,18). The fraction of sp³-hybridized carbons (Fsp3) is 0. The first-order valence-corrected chi connectivity index (χ1v) is 5.47. The zero-order valence-electron chi connectivity index (χ0n) is 9.70. The van der Waals surface area contributed by atoms with Gasteiger partial charge in [-0.2, -0.15) is 0 Å². The molecule has 0 aliphatic heterocycles. The van der Waals surface area contributed by atoms with Crippen molar-refractivity contribution in [3.63, 3.8) is 0 Å². The number of fused-ring (bicyclic) bond motifs is 1. The first-order chi connectivity index (χ1) is 9.15. The fourth-order valence-corrected chi connectivity index (χ4v) is 1.77. The summed E-state index contributed by atoms with van der Waals surface area (Å²) in [5.74, 6) is -0.372. The van der Waals surface area contributed by atoms with E-state index in [4.69, 9.17) is 5.73 Å². The third-order valence-corrected chi connectivity index (χ3v) is 2.68. The van der Waals surface area contributed by atoms with E-state index in [-0.39, 0.29) is 17.2 Å². The first-order valence-electron chi connectivity index (χ1n) is 5.47. The highest BCUT2D eigenvalue weighted by molar-refractivity contribution is 5.99. The molecule has 1 aromatic carbocycles. The Labute approximate surface area is 106 Å². The summed E-state index contributed by atoms with van der Waals surface area (Å²) in [6.07, 6.45) is 3.73. The van der Waals surface area contributed by atoms with E-state index in [2.05, 4.69) is 15.0 Å². The Bertz CT molecular complexity index is 813. The van der Waals surface area contributed by atoms with E-state index in [1.807, 2.05) is 0 Å². The lowest BCUT2D eigenvalue weighted by atomic mass is 10.3. The number of benzene rings is 1. The molecular weight excluding hydrogens is 246 g/mol. The fourth-order valence-electron chi connectivity index (χ4n) is 1.77. The van der Waals surface area contributed by atoms with Crippen LogP contribution in [0.4, 0.5) is 5.69 Å². The van der Waals surface area contributed by atoms with Gasteiger partial charge < -0.3 is 10.7 Å². The number of nitrogens with zero attached hydrogens (tertiary/aromatic N) is 3. The molecule has 0 saturated carbocycles. The molecule has 2 aromatic heterocycles. The molecule has 0 spiro atoms. The first kappa shape index (κ1) is 11.1. The van der Waals surface area contributed by atoms with E-state index < -0.39 is 0 Å². The molecule has 0 bridgehead atoms. The molecule has 3 aromatic rings. The summed E-state index contributed by atoms with van der Waals surface area (Å²) in [6, 6.07) is 5.08. The van der Waals surface area contributed by atoms with Crippen LogP contribution in [0.1, 0.15) is 10.5 Å². The van der Waals surface area contributed by atoms with E-state index in [1.165, 1.54) is 17.1 Å². The molecular formula is C12H9N5O2. The molecule has 0 fully saturated rings. The summed E-state index contributed by atoms with van der Waals surface area (Å²) in [4.78, 5) is 33.4. The van der Waals surface area contributed by atoms with Crippen molar-refractivity contribution in [1.82, 2.24) is 19.5 Å². The Morgan fingerprint density at radius 2 is 2.16 bits per heavy atom. The molecule has 2 heterocycles. The maximum absolute atomic E-state index is 12.2. The van der Waals surface area contributed by atoms with Crippen LogP contribution < -0.4 is 11.3 Å². The molecule has 0 radical (unpaired) electrons. The highest BCUT2D eigenvalue weighted by Gasteiger charge is 2.13. The van der Waals surface area contributed by atoms with Crippen molar-refractivity contribution >= 4 is 22.6 Å². The average molecular weight is 255 g/mol. The Morgan fingerprint density at radius 3 is 2.89 bits per heavy atom. The van der Waals surface area contributed by atoms with Gasteiger partial charge in [-0.3, -0.25) is 14.2 Å². The summed E-state index contributed by atoms with van der Waals surface area (Å²) in [5, 5.41) is 0. The van der Waals surface area contributed by atoms with Crippen molar-refractivity contribution in [3.8, 4) is 0 Å². The lowest BCUT2D eigenvalue weighted by Gasteiger charge is -2.01. The summed E-state index contributed by atoms with van der Waals surface area (Å²) in [7, 11) is 0. The summed E-state index contributed by atoms with van der Waals surface area (Å²) >= 11 is 0. The predicted molar refractivity (Wildman–Crippen MR) is 68.7 cm³/mol. The molecule has 3 rings (SSSR count). The van der Waals surface area contributed by atoms with Gasteiger partial charge in [-0.05, 0) is 18.2 Å². The van der Waals surface area contributed by atoms with Crippen LogP contribution in [0.25, 0.3) is 11.0 Å². The van der Waals surface area contributed by atoms with E-state index in [0.717, 1.165) is 6.20 Å². The van der Waals surface area contributed by atoms with Crippen LogP contribution in [0.2, 0.25) is 0 Å². The number of rotatable bonds is 1. The van der Waals surface area contributed by atoms with Crippen molar-refractivity contribution < 1.29 is 4.79 Å². The molecule has 3 N–H and O–H groups in total. The average Bonchev–Trinajstić information content (AvgIpc) is 2.81. The normalized spacial score (nSPS) is 10.7. The minimum atomic E-state index is -0.372. The molecule has 94 valence electrons. The number of H-pyrrole nitrogens is 1.